The summed E-state index contributed by atoms with van der Waals surface area (Å²) in [4.78, 5) is 4.95. The molecule has 4 fully saturated rings. The van der Waals surface area contributed by atoms with Crippen LogP contribution in [0, 0.1) is 18.3 Å². The lowest BCUT2D eigenvalue weighted by Gasteiger charge is -2.63. The van der Waals surface area contributed by atoms with Crippen LogP contribution in [-0.4, -0.2) is 50.6 Å². The van der Waals surface area contributed by atoms with Crippen LogP contribution in [0.3, 0.4) is 0 Å². The molecule has 4 unspecified atom stereocenters. The number of hydrogen-bond donors (Lipinski definition) is 2. The molecule has 2 saturated carbocycles. The van der Waals surface area contributed by atoms with Gasteiger partial charge in [0.25, 0.3) is 0 Å². The molecule has 0 radical (unpaired) electrons. The molecule has 164 valence electrons. The fraction of sp³-hybridized carbons (Fsp3) is 0.708. The Bertz CT molecular complexity index is 786. The summed E-state index contributed by atoms with van der Waals surface area (Å²) in [7, 11) is 0. The van der Waals surface area contributed by atoms with Crippen LogP contribution in [0.25, 0.3) is 0 Å². The first-order valence-corrected chi connectivity index (χ1v) is 11.7. The van der Waals surface area contributed by atoms with Gasteiger partial charge in [0.1, 0.15) is 11.9 Å². The van der Waals surface area contributed by atoms with Gasteiger partial charge < -0.3 is 24.8 Å². The second kappa shape index (κ2) is 8.39. The minimum Gasteiger partial charge on any atom is -0.488 e. The first kappa shape index (κ1) is 20.1. The normalized spacial score (nSPS) is 31.7. The molecule has 0 amide bonds. The zero-order chi connectivity index (χ0) is 20.6. The van der Waals surface area contributed by atoms with Gasteiger partial charge in [-0.3, -0.25) is 0 Å². The number of nitrogens with one attached hydrogen (secondary N) is 2. The minimum absolute atomic E-state index is 0.147. The maximum absolute atomic E-state index is 6.26. The van der Waals surface area contributed by atoms with Gasteiger partial charge in [0.2, 0.25) is 0 Å². The van der Waals surface area contributed by atoms with E-state index < -0.39 is 0 Å². The molecule has 1 spiro atoms. The van der Waals surface area contributed by atoms with Gasteiger partial charge in [0, 0.05) is 42.5 Å². The molecule has 2 aliphatic carbocycles. The average Bonchev–Trinajstić information content (AvgIpc) is 3.35. The number of aliphatic imine (C=N–C) groups is 1. The molecule has 2 aliphatic heterocycles. The Morgan fingerprint density at radius 1 is 1.27 bits per heavy atom. The van der Waals surface area contributed by atoms with Gasteiger partial charge in [-0.2, -0.15) is 0 Å². The first-order valence-electron chi connectivity index (χ1n) is 11.7. The van der Waals surface area contributed by atoms with Crippen LogP contribution in [0.4, 0.5) is 0 Å². The second-order valence-electron chi connectivity index (χ2n) is 9.36. The lowest BCUT2D eigenvalue weighted by atomic mass is 9.46. The summed E-state index contributed by atoms with van der Waals surface area (Å²) in [5.41, 5.74) is 2.67. The summed E-state index contributed by atoms with van der Waals surface area (Å²) >= 11 is 0. The highest BCUT2D eigenvalue weighted by Crippen LogP contribution is 2.62. The molecule has 30 heavy (non-hydrogen) atoms. The van der Waals surface area contributed by atoms with E-state index in [2.05, 4.69) is 42.7 Å². The summed E-state index contributed by atoms with van der Waals surface area (Å²) in [6, 6.07) is 6.89. The Morgan fingerprint density at radius 2 is 2.17 bits per heavy atom. The van der Waals surface area contributed by atoms with Gasteiger partial charge in [-0.1, -0.05) is 18.6 Å². The predicted octanol–water partition coefficient (Wildman–Crippen LogP) is 3.18. The Morgan fingerprint density at radius 3 is 2.90 bits per heavy atom. The van der Waals surface area contributed by atoms with Crippen molar-refractivity contribution in [3.63, 3.8) is 0 Å². The van der Waals surface area contributed by atoms with Gasteiger partial charge >= 0.3 is 0 Å². The zero-order valence-electron chi connectivity index (χ0n) is 18.3. The van der Waals surface area contributed by atoms with E-state index in [4.69, 9.17) is 19.2 Å². The molecule has 6 heteroatoms. The third kappa shape index (κ3) is 3.58. The Labute approximate surface area is 179 Å². The van der Waals surface area contributed by atoms with Crippen LogP contribution in [0.1, 0.15) is 50.2 Å². The molecule has 4 aliphatic rings. The molecular weight excluding hydrogens is 378 g/mol. The van der Waals surface area contributed by atoms with Crippen molar-refractivity contribution in [2.24, 2.45) is 16.3 Å². The molecular formula is C24H35N3O3. The van der Waals surface area contributed by atoms with Crippen molar-refractivity contribution < 1.29 is 14.2 Å². The maximum atomic E-state index is 6.26. The van der Waals surface area contributed by atoms with E-state index in [9.17, 15) is 0 Å². The summed E-state index contributed by atoms with van der Waals surface area (Å²) in [6.07, 6.45) is 6.63. The Hall–Kier alpha value is -1.79. The van der Waals surface area contributed by atoms with E-state index >= 15 is 0 Å². The third-order valence-corrected chi connectivity index (χ3v) is 7.48. The van der Waals surface area contributed by atoms with Gasteiger partial charge in [0.05, 0.1) is 25.9 Å². The maximum Gasteiger partial charge on any atom is 0.191 e. The molecule has 1 aromatic rings. The number of nitrogens with zero attached hydrogens (tertiary/aromatic N) is 1. The summed E-state index contributed by atoms with van der Waals surface area (Å²) in [6.45, 7) is 8.06. The number of benzene rings is 1. The van der Waals surface area contributed by atoms with Crippen LogP contribution >= 0.6 is 0 Å². The quantitative estimate of drug-likeness (QED) is 0.554. The van der Waals surface area contributed by atoms with Crippen LogP contribution in [0.15, 0.2) is 23.2 Å². The molecule has 5 rings (SSSR count). The molecule has 2 saturated heterocycles. The smallest absolute Gasteiger partial charge is 0.191 e. The highest BCUT2D eigenvalue weighted by Gasteiger charge is 2.66. The average molecular weight is 414 g/mol. The van der Waals surface area contributed by atoms with Gasteiger partial charge in [-0.25, -0.2) is 4.99 Å². The standard InChI is InChI=1S/C24H35N3O3/c1-3-25-23(27-21-19-8-12-29-22(19)24(21)9-4-10-24)26-14-17-6-5-16(2)13-20(17)30-18-7-11-28-15-18/h5-6,13,18-19,21-22H,3-4,7-12,14-15H2,1-2H3,(H2,25,26,27). The lowest BCUT2D eigenvalue weighted by molar-refractivity contribution is -0.171. The SMILES string of the molecule is CCNC(=NCc1ccc(C)cc1OC1CCOC1)NC1C2CCOC2C12CCC2. The van der Waals surface area contributed by atoms with Crippen LogP contribution < -0.4 is 15.4 Å². The topological polar surface area (TPSA) is 64.1 Å². The zero-order valence-corrected chi connectivity index (χ0v) is 18.3. The van der Waals surface area contributed by atoms with Crippen molar-refractivity contribution in [2.45, 2.75) is 70.7 Å². The van der Waals surface area contributed by atoms with Crippen molar-refractivity contribution >= 4 is 5.96 Å². The molecule has 4 atom stereocenters. The predicted molar refractivity (Wildman–Crippen MR) is 117 cm³/mol. The van der Waals surface area contributed by atoms with Crippen molar-refractivity contribution in [1.82, 2.24) is 10.6 Å². The third-order valence-electron chi connectivity index (χ3n) is 7.48. The highest BCUT2D eigenvalue weighted by molar-refractivity contribution is 5.80. The molecule has 0 bridgehead atoms. The minimum atomic E-state index is 0.147. The lowest BCUT2D eigenvalue weighted by Crippen LogP contribution is -2.72. The van der Waals surface area contributed by atoms with Gasteiger partial charge in [0.15, 0.2) is 5.96 Å². The number of guanidine groups is 1. The van der Waals surface area contributed by atoms with E-state index in [1.807, 2.05) is 0 Å². The van der Waals surface area contributed by atoms with Crippen molar-refractivity contribution in [3.05, 3.63) is 29.3 Å². The highest BCUT2D eigenvalue weighted by atomic mass is 16.5. The summed E-state index contributed by atoms with van der Waals surface area (Å²) in [5.74, 6) is 2.48. The number of ether oxygens (including phenoxy) is 3. The van der Waals surface area contributed by atoms with E-state index in [1.165, 1.54) is 31.2 Å². The van der Waals surface area contributed by atoms with Crippen molar-refractivity contribution in [1.29, 1.82) is 0 Å². The first-order chi connectivity index (χ1) is 14.7. The van der Waals surface area contributed by atoms with Crippen LogP contribution in [0.2, 0.25) is 0 Å². The molecule has 6 nitrogen and oxygen atoms in total. The number of fused-ring (bicyclic) bond motifs is 2. The van der Waals surface area contributed by atoms with E-state index in [-0.39, 0.29) is 6.10 Å². The number of rotatable bonds is 6. The van der Waals surface area contributed by atoms with Crippen molar-refractivity contribution in [3.8, 4) is 5.75 Å². The fourth-order valence-electron chi connectivity index (χ4n) is 5.77. The fourth-order valence-corrected chi connectivity index (χ4v) is 5.77. The summed E-state index contributed by atoms with van der Waals surface area (Å²) < 4.78 is 17.8. The number of hydrogen-bond acceptors (Lipinski definition) is 4. The van der Waals surface area contributed by atoms with Gasteiger partial charge in [-0.15, -0.1) is 0 Å². The Kier molecular flexibility index (Phi) is 5.63. The van der Waals surface area contributed by atoms with E-state index in [1.54, 1.807) is 0 Å². The monoisotopic (exact) mass is 413 g/mol. The van der Waals surface area contributed by atoms with E-state index in [0.29, 0.717) is 36.6 Å². The van der Waals surface area contributed by atoms with Crippen LogP contribution in [0.5, 0.6) is 5.75 Å². The summed E-state index contributed by atoms with van der Waals surface area (Å²) in [5, 5.41) is 7.25. The molecule has 2 N–H and O–H groups in total. The van der Waals surface area contributed by atoms with E-state index in [0.717, 1.165) is 43.5 Å². The largest absolute Gasteiger partial charge is 0.488 e. The second-order valence-corrected chi connectivity index (χ2v) is 9.36. The van der Waals surface area contributed by atoms with Crippen LogP contribution in [-0.2, 0) is 16.0 Å². The molecule has 1 aromatic carbocycles. The number of aryl methyl sites for hydroxylation is 1. The Balaban J connectivity index is 1.30. The molecule has 2 heterocycles. The van der Waals surface area contributed by atoms with Gasteiger partial charge in [-0.05, 0) is 44.7 Å². The molecule has 0 aromatic heterocycles. The van der Waals surface area contributed by atoms with Crippen molar-refractivity contribution in [2.75, 3.05) is 26.4 Å².